The number of hydrogen-bond donors (Lipinski definition) is 1. The number of aliphatic hydroxyl groups excluding tert-OH is 1. The number of cyclic esters (lactones) is 1. The molecule has 0 aromatic heterocycles. The van der Waals surface area contributed by atoms with E-state index in [0.29, 0.717) is 0 Å². The minimum Gasteiger partial charge on any atom is -0.443 e. The Morgan fingerprint density at radius 1 is 2.00 bits per heavy atom. The number of hydrogen-bond acceptors (Lipinski definition) is 3. The minimum absolute atomic E-state index is 0.000694. The number of carbonyl (C=O) groups is 1. The first-order chi connectivity index (χ1) is 4.58. The van der Waals surface area contributed by atoms with Crippen molar-refractivity contribution in [3.8, 4) is 12.3 Å². The second-order valence-corrected chi connectivity index (χ2v) is 2.45. The second kappa shape index (κ2) is 1.99. The van der Waals surface area contributed by atoms with Gasteiger partial charge >= 0.3 is 5.97 Å². The van der Waals surface area contributed by atoms with Crippen molar-refractivity contribution in [1.82, 2.24) is 0 Å². The van der Waals surface area contributed by atoms with E-state index in [-0.39, 0.29) is 6.42 Å². The predicted molar refractivity (Wildman–Crippen MR) is 34.0 cm³/mol. The van der Waals surface area contributed by atoms with Gasteiger partial charge in [-0.15, -0.1) is 6.42 Å². The monoisotopic (exact) mass is 140 g/mol. The lowest BCUT2D eigenvalue weighted by Gasteiger charge is -2.18. The molecular weight excluding hydrogens is 132 g/mol. The summed E-state index contributed by atoms with van der Waals surface area (Å²) in [4.78, 5) is 10.6. The maximum atomic E-state index is 10.6. The average molecular weight is 140 g/mol. The van der Waals surface area contributed by atoms with E-state index < -0.39 is 17.7 Å². The Kier molecular flexibility index (Phi) is 1.42. The second-order valence-electron chi connectivity index (χ2n) is 2.45. The first kappa shape index (κ1) is 7.10. The third kappa shape index (κ3) is 0.869. The largest absolute Gasteiger partial charge is 0.443 e. The number of terminal acetylenes is 1. The van der Waals surface area contributed by atoms with Crippen molar-refractivity contribution >= 4 is 5.97 Å². The molecular formula is C7H8O3. The van der Waals surface area contributed by atoms with E-state index in [0.717, 1.165) is 0 Å². The fourth-order valence-corrected chi connectivity index (χ4v) is 0.824. The summed E-state index contributed by atoms with van der Waals surface area (Å²) in [5.74, 6) is 1.79. The molecule has 0 spiro atoms. The molecule has 0 amide bonds. The van der Waals surface area contributed by atoms with E-state index in [2.05, 4.69) is 10.7 Å². The Bertz CT molecular complexity index is 203. The van der Waals surface area contributed by atoms with Gasteiger partial charge in [0.2, 0.25) is 0 Å². The van der Waals surface area contributed by atoms with Crippen molar-refractivity contribution in [3.63, 3.8) is 0 Å². The van der Waals surface area contributed by atoms with Crippen molar-refractivity contribution in [2.24, 2.45) is 0 Å². The molecule has 0 aromatic rings. The lowest BCUT2D eigenvalue weighted by atomic mass is 10.0. The van der Waals surface area contributed by atoms with Gasteiger partial charge in [-0.1, -0.05) is 5.92 Å². The molecule has 0 aliphatic carbocycles. The Morgan fingerprint density at radius 2 is 2.60 bits per heavy atom. The summed E-state index contributed by atoms with van der Waals surface area (Å²) in [6.45, 7) is 1.52. The van der Waals surface area contributed by atoms with E-state index in [1.165, 1.54) is 6.92 Å². The molecule has 1 rings (SSSR count). The van der Waals surface area contributed by atoms with Crippen LogP contribution in [0.2, 0.25) is 0 Å². The van der Waals surface area contributed by atoms with Gasteiger partial charge in [-0.05, 0) is 6.92 Å². The molecule has 1 aliphatic rings. The summed E-state index contributed by atoms with van der Waals surface area (Å²) in [5, 5.41) is 9.13. The summed E-state index contributed by atoms with van der Waals surface area (Å²) in [6.07, 6.45) is 4.18. The van der Waals surface area contributed by atoms with Crippen LogP contribution in [0.1, 0.15) is 13.3 Å². The summed E-state index contributed by atoms with van der Waals surface area (Å²) in [5.41, 5.74) is -1.10. The summed E-state index contributed by atoms with van der Waals surface area (Å²) in [7, 11) is 0. The lowest BCUT2D eigenvalue weighted by Crippen LogP contribution is -2.33. The lowest BCUT2D eigenvalue weighted by molar-refractivity contribution is -0.144. The zero-order valence-electron chi connectivity index (χ0n) is 5.63. The molecule has 1 aliphatic heterocycles. The number of ether oxygens (including phenoxy) is 1. The van der Waals surface area contributed by atoms with Crippen molar-refractivity contribution < 1.29 is 14.6 Å². The molecule has 1 fully saturated rings. The molecule has 1 N–H and O–H groups in total. The van der Waals surface area contributed by atoms with E-state index in [9.17, 15) is 4.79 Å². The highest BCUT2D eigenvalue weighted by Crippen LogP contribution is 2.25. The molecule has 0 unspecified atom stereocenters. The van der Waals surface area contributed by atoms with Crippen LogP contribution in [-0.2, 0) is 9.53 Å². The number of rotatable bonds is 0. The zero-order valence-corrected chi connectivity index (χ0v) is 5.63. The highest BCUT2D eigenvalue weighted by molar-refractivity contribution is 5.74. The molecule has 3 nitrogen and oxygen atoms in total. The highest BCUT2D eigenvalue weighted by Gasteiger charge is 2.43. The van der Waals surface area contributed by atoms with Crippen LogP contribution in [0.3, 0.4) is 0 Å². The van der Waals surface area contributed by atoms with Crippen LogP contribution in [0, 0.1) is 12.3 Å². The van der Waals surface area contributed by atoms with Gasteiger partial charge in [0, 0.05) is 0 Å². The Balaban J connectivity index is 2.83. The fourth-order valence-electron chi connectivity index (χ4n) is 0.824. The van der Waals surface area contributed by atoms with Gasteiger partial charge in [-0.3, -0.25) is 4.79 Å². The van der Waals surface area contributed by atoms with Gasteiger partial charge in [-0.2, -0.15) is 0 Å². The van der Waals surface area contributed by atoms with Crippen molar-refractivity contribution in [1.29, 1.82) is 0 Å². The van der Waals surface area contributed by atoms with Gasteiger partial charge in [-0.25, -0.2) is 0 Å². The summed E-state index contributed by atoms with van der Waals surface area (Å²) in [6, 6.07) is 0. The van der Waals surface area contributed by atoms with Gasteiger partial charge < -0.3 is 9.84 Å². The molecule has 1 heterocycles. The molecule has 0 aromatic carbocycles. The van der Waals surface area contributed by atoms with Crippen molar-refractivity contribution in [3.05, 3.63) is 0 Å². The van der Waals surface area contributed by atoms with Crippen LogP contribution in [0.15, 0.2) is 0 Å². The van der Waals surface area contributed by atoms with Crippen LogP contribution >= 0.6 is 0 Å². The topological polar surface area (TPSA) is 46.5 Å². The molecule has 0 saturated carbocycles. The maximum absolute atomic E-state index is 10.6. The van der Waals surface area contributed by atoms with Gasteiger partial charge in [0.25, 0.3) is 0 Å². The molecule has 0 radical (unpaired) electrons. The molecule has 3 heteroatoms. The Labute approximate surface area is 59.0 Å². The minimum atomic E-state index is -1.10. The summed E-state index contributed by atoms with van der Waals surface area (Å²) < 4.78 is 4.69. The van der Waals surface area contributed by atoms with Crippen LogP contribution in [0.4, 0.5) is 0 Å². The third-order valence-corrected chi connectivity index (χ3v) is 1.61. The standard InChI is InChI=1S/C7H8O3/c1-3-7(2)5(8)4-6(9)10-7/h1,5,8H,4H2,2H3/t5-,7+/m1/s1. The van der Waals surface area contributed by atoms with E-state index in [1.807, 2.05) is 0 Å². The quantitative estimate of drug-likeness (QED) is 0.370. The van der Waals surface area contributed by atoms with Crippen molar-refractivity contribution in [2.45, 2.75) is 25.0 Å². The van der Waals surface area contributed by atoms with Crippen LogP contribution in [0.5, 0.6) is 0 Å². The van der Waals surface area contributed by atoms with E-state index >= 15 is 0 Å². The SMILES string of the molecule is C#C[C@]1(C)OC(=O)C[C@H]1O. The first-order valence-electron chi connectivity index (χ1n) is 2.96. The molecule has 10 heavy (non-hydrogen) atoms. The van der Waals surface area contributed by atoms with Gasteiger partial charge in [0.05, 0.1) is 6.42 Å². The maximum Gasteiger partial charge on any atom is 0.310 e. The van der Waals surface area contributed by atoms with Crippen LogP contribution < -0.4 is 0 Å². The normalized spacial score (nSPS) is 38.9. The highest BCUT2D eigenvalue weighted by atomic mass is 16.6. The van der Waals surface area contributed by atoms with Crippen LogP contribution in [0.25, 0.3) is 0 Å². The predicted octanol–water partition coefficient (Wildman–Crippen LogP) is -0.314. The number of esters is 1. The summed E-state index contributed by atoms with van der Waals surface area (Å²) >= 11 is 0. The number of aliphatic hydroxyl groups is 1. The van der Waals surface area contributed by atoms with Crippen molar-refractivity contribution in [2.75, 3.05) is 0 Å². The first-order valence-corrected chi connectivity index (χ1v) is 2.96. The third-order valence-electron chi connectivity index (χ3n) is 1.61. The fraction of sp³-hybridized carbons (Fsp3) is 0.571. The molecule has 1 saturated heterocycles. The Morgan fingerprint density at radius 3 is 2.80 bits per heavy atom. The smallest absolute Gasteiger partial charge is 0.310 e. The Hall–Kier alpha value is -1.01. The van der Waals surface area contributed by atoms with Gasteiger partial charge in [0.15, 0.2) is 5.60 Å². The van der Waals surface area contributed by atoms with E-state index in [1.54, 1.807) is 0 Å². The molecule has 54 valence electrons. The number of carbonyl (C=O) groups excluding carboxylic acids is 1. The van der Waals surface area contributed by atoms with E-state index in [4.69, 9.17) is 11.5 Å². The molecule has 0 bridgehead atoms. The average Bonchev–Trinajstić information content (AvgIpc) is 2.09. The zero-order chi connectivity index (χ0) is 7.78. The van der Waals surface area contributed by atoms with Crippen LogP contribution in [-0.4, -0.2) is 22.8 Å². The van der Waals surface area contributed by atoms with Gasteiger partial charge in [0.1, 0.15) is 6.10 Å². The molecule has 2 atom stereocenters.